The molecule has 1 rings (SSSR count). The van der Waals surface area contributed by atoms with Gasteiger partial charge in [0.1, 0.15) is 0 Å². The van der Waals surface area contributed by atoms with Crippen molar-refractivity contribution in [3.63, 3.8) is 0 Å². The summed E-state index contributed by atoms with van der Waals surface area (Å²) >= 11 is 1.85. The molecular weight excluding hydrogens is 214 g/mol. The van der Waals surface area contributed by atoms with Gasteiger partial charge in [0.05, 0.1) is 0 Å². The predicted octanol–water partition coefficient (Wildman–Crippen LogP) is 4.89. The van der Waals surface area contributed by atoms with Crippen LogP contribution in [0.2, 0.25) is 0 Å². The molecule has 0 saturated carbocycles. The maximum absolute atomic E-state index is 4.47. The van der Waals surface area contributed by atoms with E-state index in [0.717, 1.165) is 12.3 Å². The smallest absolute Gasteiger partial charge is 0.0361 e. The fourth-order valence-corrected chi connectivity index (χ4v) is 2.92. The second kappa shape index (κ2) is 7.94. The minimum absolute atomic E-state index is 0.685. The van der Waals surface area contributed by atoms with Crippen LogP contribution in [0.5, 0.6) is 0 Å². The summed E-state index contributed by atoms with van der Waals surface area (Å²) in [4.78, 5) is 5.90. The van der Waals surface area contributed by atoms with Crippen LogP contribution in [0.15, 0.2) is 16.1 Å². The van der Waals surface area contributed by atoms with E-state index in [1.54, 1.807) is 0 Å². The van der Waals surface area contributed by atoms with Gasteiger partial charge in [-0.25, -0.2) is 0 Å². The van der Waals surface area contributed by atoms with Crippen LogP contribution in [0.25, 0.3) is 0 Å². The van der Waals surface area contributed by atoms with E-state index in [4.69, 9.17) is 0 Å². The highest BCUT2D eigenvalue weighted by molar-refractivity contribution is 8.02. The summed E-state index contributed by atoms with van der Waals surface area (Å²) in [5.41, 5.74) is 0. The van der Waals surface area contributed by atoms with Crippen molar-refractivity contribution in [2.45, 2.75) is 52.4 Å². The molecule has 0 amide bonds. The average Bonchev–Trinajstić information content (AvgIpc) is 2.34. The molecule has 92 valence electrons. The Hall–Kier alpha value is -0.240. The number of hydrogen-bond donors (Lipinski definition) is 0. The van der Waals surface area contributed by atoms with Crippen molar-refractivity contribution in [3.05, 3.63) is 11.1 Å². The largest absolute Gasteiger partial charge is 0.268 e. The minimum atomic E-state index is 0.685. The predicted molar refractivity (Wildman–Crippen MR) is 76.1 cm³/mol. The van der Waals surface area contributed by atoms with Gasteiger partial charge in [-0.2, -0.15) is 0 Å². The second-order valence-electron chi connectivity index (χ2n) is 4.76. The third kappa shape index (κ3) is 4.73. The SMILES string of the molecule is CCC1CC=NC=C(SC)C(C)CCCC1. The molecule has 0 aromatic heterocycles. The van der Waals surface area contributed by atoms with E-state index < -0.39 is 0 Å². The number of nitrogens with zero attached hydrogens (tertiary/aromatic N) is 1. The molecule has 2 atom stereocenters. The first kappa shape index (κ1) is 13.8. The molecule has 0 saturated heterocycles. The lowest BCUT2D eigenvalue weighted by Gasteiger charge is -2.14. The van der Waals surface area contributed by atoms with E-state index in [2.05, 4.69) is 37.5 Å². The standard InChI is InChI=1S/C14H25NS/c1-4-13-8-6-5-7-12(2)14(16-3)11-15-10-9-13/h10-13H,4-9H2,1-3H3. The summed E-state index contributed by atoms with van der Waals surface area (Å²) in [6, 6.07) is 0. The second-order valence-corrected chi connectivity index (χ2v) is 5.64. The molecule has 0 spiro atoms. The van der Waals surface area contributed by atoms with Crippen LogP contribution in [-0.4, -0.2) is 12.5 Å². The van der Waals surface area contributed by atoms with Gasteiger partial charge in [-0.05, 0) is 30.9 Å². The molecule has 0 bridgehead atoms. The first-order valence-electron chi connectivity index (χ1n) is 6.53. The van der Waals surface area contributed by atoms with Crippen molar-refractivity contribution in [2.24, 2.45) is 16.8 Å². The van der Waals surface area contributed by atoms with Crippen LogP contribution in [-0.2, 0) is 0 Å². The van der Waals surface area contributed by atoms with Crippen LogP contribution in [0.3, 0.4) is 0 Å². The third-order valence-corrected chi connectivity index (χ3v) is 4.52. The summed E-state index contributed by atoms with van der Waals surface area (Å²) < 4.78 is 0. The number of aliphatic imine (C=N–C) groups is 1. The molecule has 1 heterocycles. The maximum Gasteiger partial charge on any atom is 0.0361 e. The monoisotopic (exact) mass is 239 g/mol. The molecule has 2 heteroatoms. The highest BCUT2D eigenvalue weighted by atomic mass is 32.2. The zero-order chi connectivity index (χ0) is 11.8. The Balaban J connectivity index is 2.62. The van der Waals surface area contributed by atoms with Gasteiger partial charge >= 0.3 is 0 Å². The molecule has 16 heavy (non-hydrogen) atoms. The summed E-state index contributed by atoms with van der Waals surface area (Å²) in [5, 5.41) is 0. The fourth-order valence-electron chi connectivity index (χ4n) is 2.23. The van der Waals surface area contributed by atoms with E-state index in [-0.39, 0.29) is 0 Å². The lowest BCUT2D eigenvalue weighted by Crippen LogP contribution is -2.00. The topological polar surface area (TPSA) is 12.4 Å². The highest BCUT2D eigenvalue weighted by Crippen LogP contribution is 2.28. The zero-order valence-electron chi connectivity index (χ0n) is 10.9. The Morgan fingerprint density at radius 2 is 2.12 bits per heavy atom. The molecule has 0 radical (unpaired) electrons. The summed E-state index contributed by atoms with van der Waals surface area (Å²) in [6.45, 7) is 4.62. The molecule has 0 aromatic carbocycles. The van der Waals surface area contributed by atoms with E-state index in [9.17, 15) is 0 Å². The van der Waals surface area contributed by atoms with Crippen LogP contribution in [0.1, 0.15) is 52.4 Å². The first-order valence-corrected chi connectivity index (χ1v) is 7.76. The van der Waals surface area contributed by atoms with Crippen molar-refractivity contribution in [3.8, 4) is 0 Å². The normalized spacial score (nSPS) is 28.3. The number of hydrogen-bond acceptors (Lipinski definition) is 2. The van der Waals surface area contributed by atoms with E-state index in [1.807, 2.05) is 11.8 Å². The van der Waals surface area contributed by atoms with Crippen LogP contribution < -0.4 is 0 Å². The van der Waals surface area contributed by atoms with Gasteiger partial charge < -0.3 is 0 Å². The Bertz CT molecular complexity index is 245. The number of allylic oxidation sites excluding steroid dienone is 1. The zero-order valence-corrected chi connectivity index (χ0v) is 11.7. The Morgan fingerprint density at radius 1 is 1.38 bits per heavy atom. The molecule has 1 aliphatic rings. The van der Waals surface area contributed by atoms with Gasteiger partial charge in [-0.1, -0.05) is 39.5 Å². The molecule has 0 aromatic rings. The molecule has 0 N–H and O–H groups in total. The van der Waals surface area contributed by atoms with Crippen molar-refractivity contribution >= 4 is 18.0 Å². The molecule has 0 fully saturated rings. The maximum atomic E-state index is 4.47. The van der Waals surface area contributed by atoms with Gasteiger partial charge in [-0.3, -0.25) is 4.99 Å². The van der Waals surface area contributed by atoms with Gasteiger partial charge in [0.25, 0.3) is 0 Å². The Kier molecular flexibility index (Phi) is 6.86. The highest BCUT2D eigenvalue weighted by Gasteiger charge is 2.10. The van der Waals surface area contributed by atoms with Gasteiger partial charge in [0.2, 0.25) is 0 Å². The fraction of sp³-hybridized carbons (Fsp3) is 0.786. The quantitative estimate of drug-likeness (QED) is 0.668. The van der Waals surface area contributed by atoms with Crippen molar-refractivity contribution in [1.82, 2.24) is 0 Å². The number of rotatable bonds is 2. The van der Waals surface area contributed by atoms with Gasteiger partial charge in [0, 0.05) is 17.3 Å². The molecule has 1 aliphatic heterocycles. The average molecular weight is 239 g/mol. The number of thioether (sulfide) groups is 1. The van der Waals surface area contributed by atoms with E-state index in [1.165, 1.54) is 37.0 Å². The van der Waals surface area contributed by atoms with Crippen molar-refractivity contribution in [1.29, 1.82) is 0 Å². The molecule has 2 unspecified atom stereocenters. The Labute approximate surface area is 105 Å². The summed E-state index contributed by atoms with van der Waals surface area (Å²) in [7, 11) is 0. The lowest BCUT2D eigenvalue weighted by atomic mass is 9.94. The van der Waals surface area contributed by atoms with Gasteiger partial charge in [0.15, 0.2) is 0 Å². The minimum Gasteiger partial charge on any atom is -0.268 e. The van der Waals surface area contributed by atoms with E-state index >= 15 is 0 Å². The Morgan fingerprint density at radius 3 is 2.81 bits per heavy atom. The van der Waals surface area contributed by atoms with Crippen molar-refractivity contribution in [2.75, 3.05) is 6.26 Å². The van der Waals surface area contributed by atoms with Gasteiger partial charge in [-0.15, -0.1) is 11.8 Å². The molecule has 1 nitrogen and oxygen atoms in total. The first-order chi connectivity index (χ1) is 7.77. The molecule has 0 aliphatic carbocycles. The summed E-state index contributed by atoms with van der Waals surface area (Å²) in [6.07, 6.45) is 14.3. The third-order valence-electron chi connectivity index (χ3n) is 3.54. The van der Waals surface area contributed by atoms with Crippen LogP contribution >= 0.6 is 11.8 Å². The van der Waals surface area contributed by atoms with Crippen LogP contribution in [0.4, 0.5) is 0 Å². The van der Waals surface area contributed by atoms with Crippen LogP contribution in [0, 0.1) is 11.8 Å². The summed E-state index contributed by atoms with van der Waals surface area (Å²) in [5.74, 6) is 1.54. The van der Waals surface area contributed by atoms with Crippen molar-refractivity contribution < 1.29 is 0 Å². The lowest BCUT2D eigenvalue weighted by molar-refractivity contribution is 0.447. The van der Waals surface area contributed by atoms with E-state index in [0.29, 0.717) is 5.92 Å². The molecular formula is C14H25NS.